The van der Waals surface area contributed by atoms with Crippen LogP contribution in [0.4, 0.5) is 0 Å². The summed E-state index contributed by atoms with van der Waals surface area (Å²) in [7, 11) is 0. The van der Waals surface area contributed by atoms with E-state index in [0.717, 1.165) is 27.7 Å². The fourth-order valence-corrected chi connectivity index (χ4v) is 0.248. The maximum Gasteiger partial charge on any atom is 4.00 e. The van der Waals surface area contributed by atoms with Crippen molar-refractivity contribution in [1.82, 2.24) is 5.32 Å². The molecule has 0 aliphatic heterocycles. The van der Waals surface area contributed by atoms with Gasteiger partial charge in [-0.05, 0) is 27.7 Å². The van der Waals surface area contributed by atoms with E-state index < -0.39 is 23.9 Å². The second-order valence-electron chi connectivity index (χ2n) is 3.20. The van der Waals surface area contributed by atoms with Crippen LogP contribution in [0.15, 0.2) is 0 Å². The van der Waals surface area contributed by atoms with Gasteiger partial charge in [0, 0.05) is 37.7 Å². The Hall–Kier alpha value is -2.27. The molecule has 0 saturated carbocycles. The van der Waals surface area contributed by atoms with Gasteiger partial charge in [0.05, 0.1) is 0 Å². The number of hydrogen-bond donors (Lipinski definition) is 1. The molecule has 11 nitrogen and oxygen atoms in total. The smallest absolute Gasteiger partial charge is 0.550 e. The fraction of sp³-hybridized carbons (Fsp3) is 0.500. The summed E-state index contributed by atoms with van der Waals surface area (Å²) in [4.78, 5) is 55.4. The number of carbonyl (C=O) groups is 6. The molecule has 1 N–H and O–H groups in total. The Morgan fingerprint density at radius 1 is 0.500 bits per heavy atom. The Morgan fingerprint density at radius 3 is 0.583 bits per heavy atom. The van der Waals surface area contributed by atoms with Gasteiger partial charge in [-0.1, -0.05) is 0 Å². The van der Waals surface area contributed by atoms with E-state index in [2.05, 4.69) is 0 Å². The number of amides is 2. The molecular formula is C12H19NO10Ti. The standard InChI is InChI=1S/C4H7NO2.4C2H4O2.Ti/c1-3(6)5-4(2)7;4*1-2(3)4;/h1-2H3,(H,5,6,7);4*1H3,(H,3,4);/q;;;;;+4/p-4. The van der Waals surface area contributed by atoms with Crippen molar-refractivity contribution >= 4 is 35.7 Å². The zero-order valence-electron chi connectivity index (χ0n) is 14.1. The van der Waals surface area contributed by atoms with E-state index in [4.69, 9.17) is 39.6 Å². The Balaban J connectivity index is -0.0000000429. The third kappa shape index (κ3) is 2300. The molecule has 12 heteroatoms. The van der Waals surface area contributed by atoms with Gasteiger partial charge < -0.3 is 39.6 Å². The van der Waals surface area contributed by atoms with E-state index in [-0.39, 0.29) is 33.5 Å². The summed E-state index contributed by atoms with van der Waals surface area (Å²) in [6, 6.07) is 0. The monoisotopic (exact) mass is 385 g/mol. The first-order chi connectivity index (χ1) is 10.1. The maximum absolute atomic E-state index is 9.92. The van der Waals surface area contributed by atoms with Crippen LogP contribution in [0.5, 0.6) is 0 Å². The van der Waals surface area contributed by atoms with Gasteiger partial charge in [0.2, 0.25) is 11.8 Å². The first-order valence-electron chi connectivity index (χ1n) is 5.54. The van der Waals surface area contributed by atoms with Crippen LogP contribution in [0.1, 0.15) is 41.5 Å². The van der Waals surface area contributed by atoms with Crippen LogP contribution in [-0.2, 0) is 50.5 Å². The molecule has 0 aliphatic rings. The van der Waals surface area contributed by atoms with Crippen molar-refractivity contribution in [2.24, 2.45) is 0 Å². The molecule has 0 saturated heterocycles. The van der Waals surface area contributed by atoms with Crippen LogP contribution >= 0.6 is 0 Å². The van der Waals surface area contributed by atoms with Crippen LogP contribution in [0, 0.1) is 0 Å². The van der Waals surface area contributed by atoms with Crippen molar-refractivity contribution in [2.75, 3.05) is 0 Å². The third-order valence-electron chi connectivity index (χ3n) is 0.352. The van der Waals surface area contributed by atoms with Gasteiger partial charge in [-0.2, -0.15) is 0 Å². The fourth-order valence-electron chi connectivity index (χ4n) is 0.248. The van der Waals surface area contributed by atoms with Crippen LogP contribution in [0.2, 0.25) is 0 Å². The molecule has 0 atom stereocenters. The summed E-state index contributed by atoms with van der Waals surface area (Å²) in [5.41, 5.74) is 0. The maximum atomic E-state index is 9.92. The first kappa shape index (κ1) is 37.7. The topological polar surface area (TPSA) is 207 Å². The Morgan fingerprint density at radius 2 is 0.583 bits per heavy atom. The predicted octanol–water partition coefficient (Wildman–Crippen LogP) is -5.31. The number of imide groups is 1. The second-order valence-corrected chi connectivity index (χ2v) is 3.20. The Labute approximate surface area is 153 Å². The number of carboxylic acid groups (broad SMARTS) is 4. The number of hydrogen-bond acceptors (Lipinski definition) is 10. The zero-order chi connectivity index (χ0) is 20.2. The van der Waals surface area contributed by atoms with Gasteiger partial charge in [0.1, 0.15) is 0 Å². The molecule has 0 aliphatic carbocycles. The normalized spacial score (nSPS) is 6.42. The predicted molar refractivity (Wildman–Crippen MR) is 67.2 cm³/mol. The van der Waals surface area contributed by atoms with E-state index in [1.54, 1.807) is 0 Å². The summed E-state index contributed by atoms with van der Waals surface area (Å²) >= 11 is 0. The molecule has 0 rings (SSSR count). The van der Waals surface area contributed by atoms with Gasteiger partial charge >= 0.3 is 21.7 Å². The van der Waals surface area contributed by atoms with Crippen LogP contribution in [0.3, 0.4) is 0 Å². The van der Waals surface area contributed by atoms with Gasteiger partial charge in [-0.3, -0.25) is 14.9 Å². The van der Waals surface area contributed by atoms with Gasteiger partial charge in [-0.15, -0.1) is 0 Å². The molecule has 136 valence electrons. The Kier molecular flexibility index (Phi) is 45.3. The van der Waals surface area contributed by atoms with Gasteiger partial charge in [0.25, 0.3) is 0 Å². The van der Waals surface area contributed by atoms with Gasteiger partial charge in [0.15, 0.2) is 0 Å². The van der Waals surface area contributed by atoms with Crippen LogP contribution in [0.25, 0.3) is 0 Å². The molecule has 0 spiro atoms. The molecule has 0 fully saturated rings. The SMILES string of the molecule is CC(=O)NC(C)=O.CC(=O)[O-].CC(=O)[O-].CC(=O)[O-].CC(=O)[O-].[Ti+4]. The molecule has 0 unspecified atom stereocenters. The number of carbonyl (C=O) groups excluding carboxylic acids is 6. The third-order valence-corrected chi connectivity index (χ3v) is 0.352. The van der Waals surface area contributed by atoms with E-state index in [1.807, 2.05) is 5.32 Å². The zero-order valence-corrected chi connectivity index (χ0v) is 15.6. The molecular weight excluding hydrogens is 366 g/mol. The number of nitrogens with one attached hydrogen (secondary N) is 1. The minimum atomic E-state index is -1.08. The van der Waals surface area contributed by atoms with Crippen LogP contribution < -0.4 is 25.7 Å². The van der Waals surface area contributed by atoms with Crippen molar-refractivity contribution in [3.8, 4) is 0 Å². The Bertz CT molecular complexity index is 319. The average molecular weight is 385 g/mol. The molecule has 0 aromatic heterocycles. The molecule has 0 radical (unpaired) electrons. The summed E-state index contributed by atoms with van der Waals surface area (Å²) in [6.45, 7) is 6.48. The van der Waals surface area contributed by atoms with Crippen LogP contribution in [-0.4, -0.2) is 35.7 Å². The average Bonchev–Trinajstić information content (AvgIpc) is 2.09. The van der Waals surface area contributed by atoms with E-state index in [9.17, 15) is 9.59 Å². The summed E-state index contributed by atoms with van der Waals surface area (Å²) in [6.07, 6.45) is 0. The quantitative estimate of drug-likeness (QED) is 0.392. The summed E-state index contributed by atoms with van der Waals surface area (Å²) < 4.78 is 0. The van der Waals surface area contributed by atoms with Crippen molar-refractivity contribution in [3.05, 3.63) is 0 Å². The molecule has 0 aromatic rings. The number of carboxylic acids is 4. The van der Waals surface area contributed by atoms with Gasteiger partial charge in [-0.25, -0.2) is 0 Å². The summed E-state index contributed by atoms with van der Waals surface area (Å²) in [5.74, 6) is -4.96. The minimum absolute atomic E-state index is 0. The largest absolute Gasteiger partial charge is 4.00 e. The van der Waals surface area contributed by atoms with Crippen molar-refractivity contribution in [2.45, 2.75) is 41.5 Å². The molecule has 2 amide bonds. The molecule has 0 bridgehead atoms. The van der Waals surface area contributed by atoms with E-state index in [0.29, 0.717) is 0 Å². The van der Waals surface area contributed by atoms with Crippen molar-refractivity contribution in [1.29, 1.82) is 0 Å². The van der Waals surface area contributed by atoms with Crippen molar-refractivity contribution < 1.29 is 70.9 Å². The molecule has 0 heterocycles. The summed E-state index contributed by atoms with van der Waals surface area (Å²) in [5, 5.41) is 37.6. The minimum Gasteiger partial charge on any atom is -0.550 e. The van der Waals surface area contributed by atoms with Crippen molar-refractivity contribution in [3.63, 3.8) is 0 Å². The number of aliphatic carboxylic acids is 4. The first-order valence-corrected chi connectivity index (χ1v) is 5.54. The second kappa shape index (κ2) is 28.8. The molecule has 24 heavy (non-hydrogen) atoms. The van der Waals surface area contributed by atoms with E-state index in [1.165, 1.54) is 13.8 Å². The molecule has 0 aromatic carbocycles. The number of rotatable bonds is 0. The van der Waals surface area contributed by atoms with E-state index >= 15 is 0 Å².